The summed E-state index contributed by atoms with van der Waals surface area (Å²) in [5.74, 6) is 0. The van der Waals surface area contributed by atoms with E-state index in [-0.39, 0.29) is 0 Å². The molecule has 0 radical (unpaired) electrons. The van der Waals surface area contributed by atoms with Gasteiger partial charge in [-0.2, -0.15) is 17.0 Å². The molecule has 2 fully saturated rings. The smallest absolute Gasteiger partial charge is 0.282 e. The van der Waals surface area contributed by atoms with Crippen molar-refractivity contribution in [1.29, 1.82) is 0 Å². The van der Waals surface area contributed by atoms with Crippen LogP contribution in [0.5, 0.6) is 0 Å². The monoisotopic (exact) mass is 354 g/mol. The Balaban J connectivity index is 1.47. The van der Waals surface area contributed by atoms with Crippen molar-refractivity contribution in [3.63, 3.8) is 0 Å². The molecule has 7 heteroatoms. The maximum atomic E-state index is 12.8. The first-order chi connectivity index (χ1) is 11.7. The van der Waals surface area contributed by atoms with Crippen LogP contribution in [0.3, 0.4) is 0 Å². The Labute approximate surface area is 146 Å². The minimum Gasteiger partial charge on any atom is -0.354 e. The number of nitrogens with zero attached hydrogens (tertiary/aromatic N) is 4. The lowest BCUT2D eigenvalue weighted by Gasteiger charge is -2.31. The second kappa shape index (κ2) is 8.47. The average Bonchev–Trinajstić information content (AvgIpc) is 2.99. The summed E-state index contributed by atoms with van der Waals surface area (Å²) < 4.78 is 31.2. The van der Waals surface area contributed by atoms with Gasteiger partial charge in [-0.25, -0.2) is 0 Å². The van der Waals surface area contributed by atoms with E-state index in [4.69, 9.17) is 0 Å². The van der Waals surface area contributed by atoms with Crippen LogP contribution in [-0.2, 0) is 16.8 Å². The molecule has 3 heterocycles. The zero-order valence-electron chi connectivity index (χ0n) is 14.5. The van der Waals surface area contributed by atoms with Crippen molar-refractivity contribution in [2.24, 2.45) is 0 Å². The van der Waals surface area contributed by atoms with Crippen molar-refractivity contribution >= 4 is 10.2 Å². The highest BCUT2D eigenvalue weighted by Crippen LogP contribution is 2.18. The van der Waals surface area contributed by atoms with Gasteiger partial charge in [-0.1, -0.05) is 6.42 Å². The summed E-state index contributed by atoms with van der Waals surface area (Å²) >= 11 is 0. The highest BCUT2D eigenvalue weighted by atomic mass is 32.2. The van der Waals surface area contributed by atoms with Crippen LogP contribution in [0.1, 0.15) is 32.1 Å². The number of hydrogen-bond donors (Lipinski definition) is 0. The van der Waals surface area contributed by atoms with E-state index in [0.29, 0.717) is 26.2 Å². The Hall–Kier alpha value is -0.890. The fourth-order valence-electron chi connectivity index (χ4n) is 3.66. The van der Waals surface area contributed by atoms with E-state index >= 15 is 0 Å². The van der Waals surface area contributed by atoms with Crippen molar-refractivity contribution in [3.8, 4) is 0 Å². The summed E-state index contributed by atoms with van der Waals surface area (Å²) in [6.45, 7) is 6.58. The molecule has 2 saturated heterocycles. The van der Waals surface area contributed by atoms with E-state index in [9.17, 15) is 8.42 Å². The third kappa shape index (κ3) is 4.59. The van der Waals surface area contributed by atoms with Crippen LogP contribution < -0.4 is 0 Å². The molecule has 24 heavy (non-hydrogen) atoms. The van der Waals surface area contributed by atoms with Gasteiger partial charge < -0.3 is 9.47 Å². The maximum Gasteiger partial charge on any atom is 0.282 e. The molecule has 1 aromatic heterocycles. The molecule has 2 aliphatic heterocycles. The van der Waals surface area contributed by atoms with Crippen molar-refractivity contribution in [2.45, 2.75) is 38.6 Å². The minimum absolute atomic E-state index is 0.627. The Morgan fingerprint density at radius 3 is 2.12 bits per heavy atom. The molecule has 1 aromatic rings. The van der Waals surface area contributed by atoms with Gasteiger partial charge in [0.2, 0.25) is 0 Å². The first-order valence-electron chi connectivity index (χ1n) is 9.24. The predicted octanol–water partition coefficient (Wildman–Crippen LogP) is 1.62. The normalized spacial score (nSPS) is 22.5. The predicted molar refractivity (Wildman–Crippen MR) is 96.0 cm³/mol. The highest BCUT2D eigenvalue weighted by Gasteiger charge is 2.31. The maximum absolute atomic E-state index is 12.8. The standard InChI is InChI=1S/C17H30N4O2S/c22-24(23,20-13-2-1-3-14-20)21-15-7-12-19(16-17-21)11-6-10-18-8-4-5-9-18/h4-5,8-9H,1-3,6-7,10-17H2. The van der Waals surface area contributed by atoms with Crippen LogP contribution in [0.25, 0.3) is 0 Å². The molecule has 0 spiro atoms. The molecule has 6 nitrogen and oxygen atoms in total. The van der Waals surface area contributed by atoms with Crippen LogP contribution in [-0.4, -0.2) is 72.3 Å². The van der Waals surface area contributed by atoms with Gasteiger partial charge in [0.05, 0.1) is 0 Å². The minimum atomic E-state index is -3.25. The summed E-state index contributed by atoms with van der Waals surface area (Å²) in [6.07, 6.45) is 9.37. The van der Waals surface area contributed by atoms with Gasteiger partial charge in [-0.3, -0.25) is 0 Å². The Morgan fingerprint density at radius 2 is 1.38 bits per heavy atom. The Kier molecular flexibility index (Phi) is 6.32. The van der Waals surface area contributed by atoms with Crippen LogP contribution in [0.15, 0.2) is 24.5 Å². The number of aryl methyl sites for hydroxylation is 1. The van der Waals surface area contributed by atoms with Gasteiger partial charge in [0.15, 0.2) is 0 Å². The van der Waals surface area contributed by atoms with Crippen molar-refractivity contribution < 1.29 is 8.42 Å². The quantitative estimate of drug-likeness (QED) is 0.780. The first-order valence-corrected chi connectivity index (χ1v) is 10.6. The molecule has 0 bridgehead atoms. The fraction of sp³-hybridized carbons (Fsp3) is 0.765. The third-order valence-corrected chi connectivity index (χ3v) is 7.11. The molecule has 0 amide bonds. The molecule has 0 atom stereocenters. The van der Waals surface area contributed by atoms with Gasteiger partial charge in [-0.05, 0) is 50.9 Å². The van der Waals surface area contributed by atoms with E-state index in [1.54, 1.807) is 8.61 Å². The van der Waals surface area contributed by atoms with Gasteiger partial charge in [0, 0.05) is 51.7 Å². The molecule has 136 valence electrons. The lowest BCUT2D eigenvalue weighted by Crippen LogP contribution is -2.47. The lowest BCUT2D eigenvalue weighted by molar-refractivity contribution is 0.271. The second-order valence-electron chi connectivity index (χ2n) is 6.84. The number of piperidine rings is 1. The largest absolute Gasteiger partial charge is 0.354 e. The fourth-order valence-corrected chi connectivity index (χ4v) is 5.38. The van der Waals surface area contributed by atoms with Crippen LogP contribution in [0.2, 0.25) is 0 Å². The zero-order chi connectivity index (χ0) is 16.8. The van der Waals surface area contributed by atoms with Crippen molar-refractivity contribution in [3.05, 3.63) is 24.5 Å². The molecular formula is C17H30N4O2S. The molecular weight excluding hydrogens is 324 g/mol. The van der Waals surface area contributed by atoms with Crippen molar-refractivity contribution in [2.75, 3.05) is 45.8 Å². The Bertz CT molecular complexity index is 582. The summed E-state index contributed by atoms with van der Waals surface area (Å²) in [7, 11) is -3.25. The van der Waals surface area contributed by atoms with E-state index in [0.717, 1.165) is 58.3 Å². The van der Waals surface area contributed by atoms with E-state index < -0.39 is 10.2 Å². The van der Waals surface area contributed by atoms with Gasteiger partial charge >= 0.3 is 0 Å². The zero-order valence-corrected chi connectivity index (χ0v) is 15.3. The summed E-state index contributed by atoms with van der Waals surface area (Å²) in [6, 6.07) is 4.10. The molecule has 0 unspecified atom stereocenters. The number of aromatic nitrogens is 1. The van der Waals surface area contributed by atoms with Gasteiger partial charge in [0.1, 0.15) is 0 Å². The summed E-state index contributed by atoms with van der Waals surface area (Å²) in [5.41, 5.74) is 0. The van der Waals surface area contributed by atoms with E-state index in [2.05, 4.69) is 34.0 Å². The summed E-state index contributed by atoms with van der Waals surface area (Å²) in [4.78, 5) is 2.41. The highest BCUT2D eigenvalue weighted by molar-refractivity contribution is 7.86. The van der Waals surface area contributed by atoms with Gasteiger partial charge in [-0.15, -0.1) is 0 Å². The van der Waals surface area contributed by atoms with E-state index in [1.165, 1.54) is 0 Å². The second-order valence-corrected chi connectivity index (χ2v) is 8.76. The van der Waals surface area contributed by atoms with Gasteiger partial charge in [0.25, 0.3) is 10.2 Å². The SMILES string of the molecule is O=S(=O)(N1CCCCC1)N1CCCN(CCCn2cccc2)CC1. The molecule has 0 N–H and O–H groups in total. The van der Waals surface area contributed by atoms with Crippen LogP contribution in [0.4, 0.5) is 0 Å². The molecule has 2 aliphatic rings. The molecule has 0 aliphatic carbocycles. The van der Waals surface area contributed by atoms with Crippen LogP contribution >= 0.6 is 0 Å². The van der Waals surface area contributed by atoms with E-state index in [1.807, 2.05) is 0 Å². The van der Waals surface area contributed by atoms with Crippen LogP contribution in [0, 0.1) is 0 Å². The first kappa shape index (κ1) is 17.9. The molecule has 0 aromatic carbocycles. The topological polar surface area (TPSA) is 48.8 Å². The number of rotatable bonds is 6. The summed E-state index contributed by atoms with van der Waals surface area (Å²) in [5, 5.41) is 0. The average molecular weight is 355 g/mol. The Morgan fingerprint density at radius 1 is 0.708 bits per heavy atom. The number of hydrogen-bond acceptors (Lipinski definition) is 3. The molecule has 3 rings (SSSR count). The third-order valence-electron chi connectivity index (χ3n) is 5.07. The molecule has 0 saturated carbocycles. The van der Waals surface area contributed by atoms with Crippen molar-refractivity contribution in [1.82, 2.24) is 18.1 Å². The lowest BCUT2D eigenvalue weighted by atomic mass is 10.2.